The quantitative estimate of drug-likeness (QED) is 0.349. The van der Waals surface area contributed by atoms with E-state index in [1.54, 1.807) is 31.4 Å². The molecule has 1 heterocycles. The monoisotopic (exact) mass is 438 g/mol. The third-order valence-electron chi connectivity index (χ3n) is 4.16. The highest BCUT2D eigenvalue weighted by atomic mass is 32.2. The minimum Gasteiger partial charge on any atom is -0.497 e. The number of carbonyl (C=O) groups excluding carboxylic acids is 2. The average molecular weight is 439 g/mol. The van der Waals surface area contributed by atoms with Crippen molar-refractivity contribution in [2.24, 2.45) is 0 Å². The summed E-state index contributed by atoms with van der Waals surface area (Å²) in [5.74, 6) is 0.260. The lowest BCUT2D eigenvalue weighted by molar-refractivity contribution is -0.120. The lowest BCUT2D eigenvalue weighted by Gasteiger charge is -2.07. The number of hydrogen-bond donors (Lipinski definition) is 3. The summed E-state index contributed by atoms with van der Waals surface area (Å²) in [6, 6.07) is 17.8. The van der Waals surface area contributed by atoms with Crippen LogP contribution < -0.4 is 20.9 Å². The smallest absolute Gasteiger partial charge is 0.251 e. The van der Waals surface area contributed by atoms with Gasteiger partial charge in [0.05, 0.1) is 25.0 Å². The van der Waals surface area contributed by atoms with Gasteiger partial charge in [0, 0.05) is 18.3 Å². The van der Waals surface area contributed by atoms with E-state index in [9.17, 15) is 14.4 Å². The van der Waals surface area contributed by atoms with Crippen LogP contribution in [0.4, 0.5) is 5.69 Å². The Kier molecular flexibility index (Phi) is 7.83. The first-order valence-electron chi connectivity index (χ1n) is 9.49. The summed E-state index contributed by atoms with van der Waals surface area (Å²) in [5, 5.41) is 5.84. The fourth-order valence-corrected chi connectivity index (χ4v) is 3.37. The van der Waals surface area contributed by atoms with Crippen LogP contribution in [0.25, 0.3) is 0 Å². The molecule has 0 unspecified atom stereocenters. The van der Waals surface area contributed by atoms with E-state index in [0.717, 1.165) is 17.3 Å². The normalized spacial score (nSPS) is 10.4. The molecule has 160 valence electrons. The van der Waals surface area contributed by atoms with Crippen molar-refractivity contribution in [2.45, 2.75) is 18.1 Å². The van der Waals surface area contributed by atoms with Crippen LogP contribution in [0.5, 0.6) is 5.75 Å². The molecule has 0 aliphatic rings. The molecule has 3 N–H and O–H groups in total. The second-order valence-corrected chi connectivity index (χ2v) is 7.51. The molecule has 3 aromatic rings. The molecule has 2 aromatic carbocycles. The molecule has 31 heavy (non-hydrogen) atoms. The second kappa shape index (κ2) is 11.0. The maximum absolute atomic E-state index is 12.2. The number of thioether (sulfide) groups is 1. The van der Waals surface area contributed by atoms with Gasteiger partial charge in [-0.1, -0.05) is 42.1 Å². The van der Waals surface area contributed by atoms with Crippen LogP contribution in [-0.4, -0.2) is 34.6 Å². The lowest BCUT2D eigenvalue weighted by atomic mass is 10.2. The number of benzene rings is 2. The number of aromatic amines is 1. The Bertz CT molecular complexity index is 1080. The first-order valence-corrected chi connectivity index (χ1v) is 10.5. The minimum atomic E-state index is -0.376. The van der Waals surface area contributed by atoms with E-state index in [2.05, 4.69) is 20.6 Å². The average Bonchev–Trinajstić information content (AvgIpc) is 2.77. The number of H-pyrrole nitrogens is 1. The highest BCUT2D eigenvalue weighted by Crippen LogP contribution is 2.16. The Morgan fingerprint density at radius 3 is 2.52 bits per heavy atom. The van der Waals surface area contributed by atoms with Crippen LogP contribution in [-0.2, 0) is 22.6 Å². The number of rotatable bonds is 9. The number of nitrogens with one attached hydrogen (secondary N) is 3. The molecule has 1 aromatic heterocycles. The highest BCUT2D eigenvalue weighted by Gasteiger charge is 2.10. The van der Waals surface area contributed by atoms with Crippen molar-refractivity contribution in [3.63, 3.8) is 0 Å². The highest BCUT2D eigenvalue weighted by molar-refractivity contribution is 7.99. The standard InChI is InChI=1S/C22H22N4O4S/c1-30-18-9-7-16(8-10-18)24-21(29)14-31-22-25-17(12-20(28)26-22)11-19(27)23-13-15-5-3-2-4-6-15/h2-10,12H,11,13-14H2,1H3,(H,23,27)(H,24,29)(H,25,26,28). The number of anilines is 1. The van der Waals surface area contributed by atoms with Crippen LogP contribution in [0.2, 0.25) is 0 Å². The molecule has 8 nitrogen and oxygen atoms in total. The number of ether oxygens (including phenoxy) is 1. The van der Waals surface area contributed by atoms with E-state index in [1.807, 2.05) is 30.3 Å². The predicted molar refractivity (Wildman–Crippen MR) is 119 cm³/mol. The van der Waals surface area contributed by atoms with E-state index >= 15 is 0 Å². The molecule has 0 spiro atoms. The molecule has 0 radical (unpaired) electrons. The molecule has 0 saturated carbocycles. The van der Waals surface area contributed by atoms with Crippen LogP contribution in [0.3, 0.4) is 0 Å². The van der Waals surface area contributed by atoms with Gasteiger partial charge in [-0.15, -0.1) is 0 Å². The molecule has 9 heteroatoms. The largest absolute Gasteiger partial charge is 0.497 e. The van der Waals surface area contributed by atoms with Crippen molar-refractivity contribution in [3.05, 3.63) is 82.3 Å². The van der Waals surface area contributed by atoms with Crippen LogP contribution >= 0.6 is 11.8 Å². The fourth-order valence-electron chi connectivity index (χ4n) is 2.67. The van der Waals surface area contributed by atoms with E-state index in [4.69, 9.17) is 4.74 Å². The van der Waals surface area contributed by atoms with Gasteiger partial charge in [0.2, 0.25) is 11.8 Å². The van der Waals surface area contributed by atoms with Gasteiger partial charge in [-0.25, -0.2) is 4.98 Å². The lowest BCUT2D eigenvalue weighted by Crippen LogP contribution is -2.26. The summed E-state index contributed by atoms with van der Waals surface area (Å²) in [5.41, 5.74) is 1.58. The van der Waals surface area contributed by atoms with Gasteiger partial charge in [0.1, 0.15) is 5.75 Å². The summed E-state index contributed by atoms with van der Waals surface area (Å²) in [6.45, 7) is 0.399. The number of methoxy groups -OCH3 is 1. The topological polar surface area (TPSA) is 113 Å². The second-order valence-electron chi connectivity index (χ2n) is 6.55. The van der Waals surface area contributed by atoms with Crippen molar-refractivity contribution >= 4 is 29.3 Å². The van der Waals surface area contributed by atoms with Gasteiger partial charge in [0.15, 0.2) is 5.16 Å². The molecule has 0 atom stereocenters. The van der Waals surface area contributed by atoms with E-state index < -0.39 is 0 Å². The van der Waals surface area contributed by atoms with Gasteiger partial charge >= 0.3 is 0 Å². The van der Waals surface area contributed by atoms with Crippen molar-refractivity contribution in [1.82, 2.24) is 15.3 Å². The van der Waals surface area contributed by atoms with Crippen LogP contribution in [0, 0.1) is 0 Å². The molecular weight excluding hydrogens is 416 g/mol. The van der Waals surface area contributed by atoms with Crippen molar-refractivity contribution in [1.29, 1.82) is 0 Å². The number of aromatic nitrogens is 2. The molecule has 0 aliphatic carbocycles. The Hall–Kier alpha value is -3.59. The number of carbonyl (C=O) groups is 2. The predicted octanol–water partition coefficient (Wildman–Crippen LogP) is 2.37. The number of hydrogen-bond acceptors (Lipinski definition) is 6. The van der Waals surface area contributed by atoms with Crippen molar-refractivity contribution in [2.75, 3.05) is 18.2 Å². The fraction of sp³-hybridized carbons (Fsp3) is 0.182. The van der Waals surface area contributed by atoms with Gasteiger partial charge < -0.3 is 20.4 Å². The van der Waals surface area contributed by atoms with Gasteiger partial charge in [-0.05, 0) is 29.8 Å². The third kappa shape index (κ3) is 7.31. The zero-order chi connectivity index (χ0) is 22.1. The van der Waals surface area contributed by atoms with Crippen LogP contribution in [0.15, 0.2) is 70.6 Å². The summed E-state index contributed by atoms with van der Waals surface area (Å²) in [7, 11) is 1.57. The molecule has 2 amide bonds. The molecule has 3 rings (SSSR count). The van der Waals surface area contributed by atoms with Gasteiger partial charge in [0.25, 0.3) is 5.56 Å². The van der Waals surface area contributed by atoms with E-state index in [0.29, 0.717) is 23.7 Å². The molecule has 0 aliphatic heterocycles. The first-order chi connectivity index (χ1) is 15.0. The zero-order valence-electron chi connectivity index (χ0n) is 16.9. The van der Waals surface area contributed by atoms with Crippen LogP contribution in [0.1, 0.15) is 11.3 Å². The maximum Gasteiger partial charge on any atom is 0.251 e. The first kappa shape index (κ1) is 22.1. The van der Waals surface area contributed by atoms with Gasteiger partial charge in [-0.2, -0.15) is 0 Å². The number of amides is 2. The molecule has 0 bridgehead atoms. The van der Waals surface area contributed by atoms with E-state index in [-0.39, 0.29) is 34.7 Å². The maximum atomic E-state index is 12.2. The summed E-state index contributed by atoms with van der Waals surface area (Å²) >= 11 is 1.09. The minimum absolute atomic E-state index is 0.0254. The molecule has 0 fully saturated rings. The summed E-state index contributed by atoms with van der Waals surface area (Å²) in [4.78, 5) is 43.1. The number of nitrogens with zero attached hydrogens (tertiary/aromatic N) is 1. The van der Waals surface area contributed by atoms with Crippen molar-refractivity contribution < 1.29 is 14.3 Å². The van der Waals surface area contributed by atoms with Crippen molar-refractivity contribution in [3.8, 4) is 5.75 Å². The molecular formula is C22H22N4O4S. The summed E-state index contributed by atoms with van der Waals surface area (Å²) < 4.78 is 5.08. The summed E-state index contributed by atoms with van der Waals surface area (Å²) in [6.07, 6.45) is -0.0254. The Morgan fingerprint density at radius 1 is 1.06 bits per heavy atom. The SMILES string of the molecule is COc1ccc(NC(=O)CSc2nc(CC(=O)NCc3ccccc3)cc(=O)[nH]2)cc1. The zero-order valence-corrected chi connectivity index (χ0v) is 17.7. The Labute approximate surface area is 183 Å². The third-order valence-corrected chi connectivity index (χ3v) is 5.03. The van der Waals surface area contributed by atoms with Gasteiger partial charge in [-0.3, -0.25) is 14.4 Å². The Balaban J connectivity index is 1.51. The Morgan fingerprint density at radius 2 is 1.81 bits per heavy atom. The van der Waals surface area contributed by atoms with E-state index in [1.165, 1.54) is 6.07 Å². The molecule has 0 saturated heterocycles.